The lowest BCUT2D eigenvalue weighted by Gasteiger charge is -2.19. The molecular formula is C11H17ClN2O2S3. The monoisotopic (exact) mass is 340 g/mol. The van der Waals surface area contributed by atoms with Crippen molar-refractivity contribution in [3.63, 3.8) is 0 Å². The van der Waals surface area contributed by atoms with Crippen LogP contribution in [-0.4, -0.2) is 42.3 Å². The van der Waals surface area contributed by atoms with Crippen molar-refractivity contribution in [1.29, 1.82) is 0 Å². The Bertz CT molecular complexity index is 544. The van der Waals surface area contributed by atoms with Crippen molar-refractivity contribution in [2.45, 2.75) is 35.6 Å². The van der Waals surface area contributed by atoms with E-state index in [1.165, 1.54) is 0 Å². The van der Waals surface area contributed by atoms with Crippen molar-refractivity contribution in [2.75, 3.05) is 19.3 Å². The summed E-state index contributed by atoms with van der Waals surface area (Å²) in [5, 5.41) is 0.561. The zero-order valence-corrected chi connectivity index (χ0v) is 14.1. The molecule has 0 saturated carbocycles. The fourth-order valence-corrected chi connectivity index (χ4v) is 6.33. The van der Waals surface area contributed by atoms with Gasteiger partial charge in [-0.05, 0) is 32.4 Å². The van der Waals surface area contributed by atoms with E-state index in [0.29, 0.717) is 28.2 Å². The molecular weight excluding hydrogens is 324 g/mol. The van der Waals surface area contributed by atoms with E-state index in [4.69, 9.17) is 11.6 Å². The van der Waals surface area contributed by atoms with Gasteiger partial charge in [0.2, 0.25) is 0 Å². The number of nitrogens with zero attached hydrogens (tertiary/aromatic N) is 2. The Hall–Kier alpha value is 0.180. The number of sulfonamides is 1. The lowest BCUT2D eigenvalue weighted by atomic mass is 10.2. The summed E-state index contributed by atoms with van der Waals surface area (Å²) in [6.45, 7) is 2.87. The highest BCUT2D eigenvalue weighted by Crippen LogP contribution is 2.31. The van der Waals surface area contributed by atoms with E-state index in [1.54, 1.807) is 11.2 Å². The van der Waals surface area contributed by atoms with Crippen LogP contribution in [0.25, 0.3) is 0 Å². The molecule has 0 radical (unpaired) electrons. The van der Waals surface area contributed by atoms with Crippen LogP contribution in [0.2, 0.25) is 4.47 Å². The van der Waals surface area contributed by atoms with Gasteiger partial charge in [0.1, 0.15) is 0 Å². The first-order valence-electron chi connectivity index (χ1n) is 6.11. The van der Waals surface area contributed by atoms with Crippen LogP contribution < -0.4 is 0 Å². The molecule has 2 heterocycles. The average molecular weight is 341 g/mol. The van der Waals surface area contributed by atoms with Crippen LogP contribution in [0, 0.1) is 6.92 Å². The molecule has 1 atom stereocenters. The van der Waals surface area contributed by atoms with Crippen LogP contribution in [0.5, 0.6) is 0 Å². The van der Waals surface area contributed by atoms with Crippen molar-refractivity contribution in [2.24, 2.45) is 0 Å². The van der Waals surface area contributed by atoms with E-state index < -0.39 is 10.0 Å². The molecule has 1 aliphatic heterocycles. The van der Waals surface area contributed by atoms with Gasteiger partial charge in [-0.15, -0.1) is 0 Å². The number of rotatable bonds is 3. The molecule has 1 aliphatic rings. The number of halogens is 1. The topological polar surface area (TPSA) is 50.3 Å². The number of hydrogen-bond donors (Lipinski definition) is 0. The summed E-state index contributed by atoms with van der Waals surface area (Å²) in [4.78, 5) is 4.00. The van der Waals surface area contributed by atoms with Gasteiger partial charge >= 0.3 is 0 Å². The summed E-state index contributed by atoms with van der Waals surface area (Å²) in [6, 6.07) is 0. The van der Waals surface area contributed by atoms with E-state index in [-0.39, 0.29) is 4.47 Å². The second kappa shape index (κ2) is 6.30. The molecule has 4 nitrogen and oxygen atoms in total. The molecule has 0 amide bonds. The van der Waals surface area contributed by atoms with Gasteiger partial charge in [0, 0.05) is 18.3 Å². The van der Waals surface area contributed by atoms with Crippen LogP contribution in [-0.2, 0) is 10.0 Å². The summed E-state index contributed by atoms with van der Waals surface area (Å²) >= 11 is 8.68. The predicted octanol–water partition coefficient (Wildman–Crippen LogP) is 3.01. The highest BCUT2D eigenvalue weighted by atomic mass is 35.5. The predicted molar refractivity (Wildman–Crippen MR) is 81.8 cm³/mol. The van der Waals surface area contributed by atoms with Crippen LogP contribution >= 0.6 is 34.7 Å². The Kier molecular flexibility index (Phi) is 5.16. The number of aryl methyl sites for hydroxylation is 1. The van der Waals surface area contributed by atoms with Crippen LogP contribution in [0.15, 0.2) is 4.21 Å². The summed E-state index contributed by atoms with van der Waals surface area (Å²) in [7, 11) is -3.43. The first kappa shape index (κ1) is 15.6. The van der Waals surface area contributed by atoms with E-state index in [1.807, 2.05) is 11.8 Å². The minimum absolute atomic E-state index is 0.285. The van der Waals surface area contributed by atoms with Crippen molar-refractivity contribution in [1.82, 2.24) is 9.29 Å². The highest BCUT2D eigenvalue weighted by molar-refractivity contribution is 7.99. The Labute approximate surface area is 127 Å². The molecule has 1 aromatic heterocycles. The molecule has 0 aliphatic carbocycles. The lowest BCUT2D eigenvalue weighted by Crippen LogP contribution is -2.32. The molecule has 0 aromatic carbocycles. The van der Waals surface area contributed by atoms with Crippen molar-refractivity contribution < 1.29 is 8.42 Å². The number of thiazole rings is 1. The third kappa shape index (κ3) is 3.44. The van der Waals surface area contributed by atoms with Crippen molar-refractivity contribution in [3.05, 3.63) is 10.2 Å². The second-order valence-corrected chi connectivity index (χ2v) is 9.38. The van der Waals surface area contributed by atoms with Gasteiger partial charge in [-0.2, -0.15) is 16.1 Å². The molecule has 0 N–H and O–H groups in total. The summed E-state index contributed by atoms with van der Waals surface area (Å²) < 4.78 is 27.4. The van der Waals surface area contributed by atoms with Gasteiger partial charge in [-0.1, -0.05) is 22.9 Å². The van der Waals surface area contributed by atoms with Gasteiger partial charge < -0.3 is 0 Å². The Morgan fingerprint density at radius 1 is 1.42 bits per heavy atom. The summed E-state index contributed by atoms with van der Waals surface area (Å²) in [6.07, 6.45) is 4.99. The quantitative estimate of drug-likeness (QED) is 0.848. The van der Waals surface area contributed by atoms with E-state index in [9.17, 15) is 8.42 Å². The Morgan fingerprint density at radius 3 is 2.74 bits per heavy atom. The van der Waals surface area contributed by atoms with Gasteiger partial charge in [0.05, 0.1) is 5.69 Å². The van der Waals surface area contributed by atoms with Gasteiger partial charge in [0.15, 0.2) is 8.68 Å². The smallest absolute Gasteiger partial charge is 0.229 e. The molecule has 1 aromatic rings. The highest BCUT2D eigenvalue weighted by Gasteiger charge is 2.30. The molecule has 2 rings (SSSR count). The minimum Gasteiger partial charge on any atom is -0.229 e. The largest absolute Gasteiger partial charge is 0.254 e. The maximum atomic E-state index is 12.6. The summed E-state index contributed by atoms with van der Waals surface area (Å²) in [5.74, 6) is 0. The normalized spacial score (nSPS) is 22.4. The molecule has 108 valence electrons. The first-order valence-corrected chi connectivity index (χ1v) is 10.0. The van der Waals surface area contributed by atoms with Gasteiger partial charge in [0.25, 0.3) is 10.0 Å². The van der Waals surface area contributed by atoms with Crippen molar-refractivity contribution in [3.8, 4) is 0 Å². The van der Waals surface area contributed by atoms with E-state index >= 15 is 0 Å². The zero-order chi connectivity index (χ0) is 14.0. The number of thioether (sulfide) groups is 1. The second-order valence-electron chi connectivity index (χ2n) is 4.53. The molecule has 1 saturated heterocycles. The van der Waals surface area contributed by atoms with E-state index in [0.717, 1.165) is 30.6 Å². The van der Waals surface area contributed by atoms with Crippen LogP contribution in [0.4, 0.5) is 0 Å². The first-order chi connectivity index (χ1) is 8.95. The fraction of sp³-hybridized carbons (Fsp3) is 0.727. The standard InChI is InChI=1S/C11H17ClN2O2S3/c1-8-10(18-11(12)13-8)19(15,16)14-6-3-4-9(17-2)5-7-14/h9H,3-7H2,1-2H3. The zero-order valence-electron chi connectivity index (χ0n) is 10.9. The fourth-order valence-electron chi connectivity index (χ4n) is 2.22. The molecule has 19 heavy (non-hydrogen) atoms. The van der Waals surface area contributed by atoms with Crippen LogP contribution in [0.1, 0.15) is 25.0 Å². The van der Waals surface area contributed by atoms with Crippen LogP contribution in [0.3, 0.4) is 0 Å². The SMILES string of the molecule is CSC1CCCN(S(=O)(=O)c2sc(Cl)nc2C)CC1. The maximum absolute atomic E-state index is 12.6. The maximum Gasteiger partial charge on any atom is 0.254 e. The Balaban J connectivity index is 2.22. The third-order valence-corrected chi connectivity index (χ3v) is 8.15. The number of aromatic nitrogens is 1. The lowest BCUT2D eigenvalue weighted by molar-refractivity contribution is 0.425. The molecule has 0 bridgehead atoms. The molecule has 8 heteroatoms. The van der Waals surface area contributed by atoms with Gasteiger partial charge in [-0.25, -0.2) is 13.4 Å². The third-order valence-electron chi connectivity index (χ3n) is 3.27. The summed E-state index contributed by atoms with van der Waals surface area (Å²) in [5.41, 5.74) is 0.501. The molecule has 0 spiro atoms. The van der Waals surface area contributed by atoms with Crippen molar-refractivity contribution >= 4 is 44.7 Å². The average Bonchev–Trinajstić information content (AvgIpc) is 2.59. The molecule has 1 fully saturated rings. The van der Waals surface area contributed by atoms with Gasteiger partial charge in [-0.3, -0.25) is 0 Å². The number of hydrogen-bond acceptors (Lipinski definition) is 5. The van der Waals surface area contributed by atoms with E-state index in [2.05, 4.69) is 11.2 Å². The molecule has 1 unspecified atom stereocenters. The minimum atomic E-state index is -3.43. The Morgan fingerprint density at radius 2 is 2.16 bits per heavy atom.